The highest BCUT2D eigenvalue weighted by Gasteiger charge is 2.44. The monoisotopic (exact) mass is 301 g/mol. The first-order valence-electron chi connectivity index (χ1n) is 8.00. The summed E-state index contributed by atoms with van der Waals surface area (Å²) >= 11 is 0. The molecule has 1 heterocycles. The number of hydrogen-bond acceptors (Lipinski definition) is 3. The van der Waals surface area contributed by atoms with Gasteiger partial charge >= 0.3 is 0 Å². The van der Waals surface area contributed by atoms with Gasteiger partial charge in [0.25, 0.3) is 0 Å². The predicted octanol–water partition coefficient (Wildman–Crippen LogP) is 1.40. The van der Waals surface area contributed by atoms with Crippen LogP contribution in [-0.4, -0.2) is 28.8 Å². The number of hydrogen-bond donors (Lipinski definition) is 2. The second-order valence-corrected chi connectivity index (χ2v) is 6.50. The molecular weight excluding hydrogens is 278 g/mol. The lowest BCUT2D eigenvalue weighted by Crippen LogP contribution is -2.44. The molecule has 4 N–H and O–H groups in total. The molecule has 0 bridgehead atoms. The van der Waals surface area contributed by atoms with Crippen LogP contribution in [0.3, 0.4) is 0 Å². The van der Waals surface area contributed by atoms with Crippen molar-refractivity contribution in [1.82, 2.24) is 4.90 Å². The van der Waals surface area contributed by atoms with E-state index in [0.717, 1.165) is 18.4 Å². The fourth-order valence-electron chi connectivity index (χ4n) is 4.09. The van der Waals surface area contributed by atoms with E-state index in [0.29, 0.717) is 24.1 Å². The largest absolute Gasteiger partial charge is 0.368 e. The van der Waals surface area contributed by atoms with Gasteiger partial charge in [-0.25, -0.2) is 0 Å². The van der Waals surface area contributed by atoms with Crippen molar-refractivity contribution in [2.75, 3.05) is 0 Å². The Balaban J connectivity index is 1.83. The number of likely N-dealkylation sites (tertiary alicyclic amines) is 1. The van der Waals surface area contributed by atoms with Crippen LogP contribution in [0.5, 0.6) is 0 Å². The van der Waals surface area contributed by atoms with E-state index in [-0.39, 0.29) is 11.9 Å². The molecule has 5 heteroatoms. The molecule has 2 aliphatic rings. The van der Waals surface area contributed by atoms with Gasteiger partial charge in [-0.3, -0.25) is 14.5 Å². The van der Waals surface area contributed by atoms with Crippen molar-refractivity contribution in [3.05, 3.63) is 35.4 Å². The van der Waals surface area contributed by atoms with Gasteiger partial charge in [0.05, 0.1) is 6.04 Å². The minimum Gasteiger partial charge on any atom is -0.368 e. The fraction of sp³-hybridized carbons (Fsp3) is 0.529. The molecule has 2 fully saturated rings. The standard InChI is InChI=1S/C17H23N3O2/c18-16(21)13-6-3-4-11(8-13)10-20-14-7-2-1-5-12(14)9-15(20)17(19)22/h3-4,6,8,12,14-15H,1-2,5,7,9-10H2,(H2,18,21)(H2,19,22)/t12-,14-,15+/m1/s1. The summed E-state index contributed by atoms with van der Waals surface area (Å²) in [4.78, 5) is 25.4. The molecule has 1 aliphatic heterocycles. The molecule has 2 amide bonds. The third kappa shape index (κ3) is 2.86. The maximum absolute atomic E-state index is 11.8. The van der Waals surface area contributed by atoms with Gasteiger partial charge in [0.1, 0.15) is 0 Å². The van der Waals surface area contributed by atoms with Crippen LogP contribution in [0, 0.1) is 5.92 Å². The third-order valence-corrected chi connectivity index (χ3v) is 5.13. The molecule has 1 saturated carbocycles. The summed E-state index contributed by atoms with van der Waals surface area (Å²) in [5.41, 5.74) is 12.5. The maximum atomic E-state index is 11.8. The van der Waals surface area contributed by atoms with E-state index in [1.165, 1.54) is 19.3 Å². The van der Waals surface area contributed by atoms with E-state index >= 15 is 0 Å². The van der Waals surface area contributed by atoms with Gasteiger partial charge in [-0.2, -0.15) is 0 Å². The number of carbonyl (C=O) groups is 2. The van der Waals surface area contributed by atoms with Crippen molar-refractivity contribution in [3.63, 3.8) is 0 Å². The third-order valence-electron chi connectivity index (χ3n) is 5.13. The van der Waals surface area contributed by atoms with Crippen LogP contribution in [0.1, 0.15) is 48.0 Å². The molecule has 3 rings (SSSR count). The molecule has 1 aliphatic carbocycles. The van der Waals surface area contributed by atoms with Crippen molar-refractivity contribution < 1.29 is 9.59 Å². The van der Waals surface area contributed by atoms with Crippen molar-refractivity contribution >= 4 is 11.8 Å². The zero-order valence-electron chi connectivity index (χ0n) is 12.7. The highest BCUT2D eigenvalue weighted by molar-refractivity contribution is 5.92. The van der Waals surface area contributed by atoms with Crippen molar-refractivity contribution in [1.29, 1.82) is 0 Å². The molecule has 1 aromatic carbocycles. The SMILES string of the molecule is NC(=O)c1cccc(CN2[C@@H]3CCCC[C@@H]3C[C@H]2C(N)=O)c1. The van der Waals surface area contributed by atoms with Crippen molar-refractivity contribution in [3.8, 4) is 0 Å². The van der Waals surface area contributed by atoms with E-state index < -0.39 is 5.91 Å². The summed E-state index contributed by atoms with van der Waals surface area (Å²) in [5.74, 6) is -0.0868. The van der Waals surface area contributed by atoms with E-state index in [9.17, 15) is 9.59 Å². The molecule has 0 unspecified atom stereocenters. The highest BCUT2D eigenvalue weighted by Crippen LogP contribution is 2.40. The Labute approximate surface area is 130 Å². The quantitative estimate of drug-likeness (QED) is 0.881. The summed E-state index contributed by atoms with van der Waals surface area (Å²) in [6.45, 7) is 0.649. The molecule has 0 spiro atoms. The van der Waals surface area contributed by atoms with E-state index in [1.807, 2.05) is 18.2 Å². The lowest BCUT2D eigenvalue weighted by Gasteiger charge is -2.33. The fourth-order valence-corrected chi connectivity index (χ4v) is 4.09. The molecular formula is C17H23N3O2. The number of benzene rings is 1. The minimum absolute atomic E-state index is 0.190. The van der Waals surface area contributed by atoms with E-state index in [2.05, 4.69) is 4.90 Å². The van der Waals surface area contributed by atoms with Crippen LogP contribution in [0.4, 0.5) is 0 Å². The molecule has 0 radical (unpaired) electrons. The normalized spacial score (nSPS) is 28.3. The first kappa shape index (κ1) is 15.0. The number of fused-ring (bicyclic) bond motifs is 1. The van der Waals surface area contributed by atoms with Gasteiger partial charge in [-0.05, 0) is 42.9 Å². The Bertz CT molecular complexity index is 587. The number of nitrogens with two attached hydrogens (primary N) is 2. The average Bonchev–Trinajstić information content (AvgIpc) is 2.87. The molecule has 1 saturated heterocycles. The first-order valence-corrected chi connectivity index (χ1v) is 8.00. The zero-order chi connectivity index (χ0) is 15.7. The average molecular weight is 301 g/mol. The summed E-state index contributed by atoms with van der Waals surface area (Å²) in [5, 5.41) is 0. The number of primary amides is 2. The molecule has 118 valence electrons. The highest BCUT2D eigenvalue weighted by atomic mass is 16.1. The van der Waals surface area contributed by atoms with Crippen molar-refractivity contribution in [2.24, 2.45) is 17.4 Å². The van der Waals surface area contributed by atoms with Gasteiger partial charge in [0.2, 0.25) is 11.8 Å². The van der Waals surface area contributed by atoms with Gasteiger partial charge < -0.3 is 11.5 Å². The van der Waals surface area contributed by atoms with Gasteiger partial charge in [-0.1, -0.05) is 25.0 Å². The van der Waals surface area contributed by atoms with E-state index in [1.54, 1.807) is 6.07 Å². The Kier molecular flexibility index (Phi) is 4.16. The van der Waals surface area contributed by atoms with E-state index in [4.69, 9.17) is 11.5 Å². The summed E-state index contributed by atoms with van der Waals surface area (Å²) in [6, 6.07) is 7.58. The van der Waals surface area contributed by atoms with Crippen LogP contribution < -0.4 is 11.5 Å². The van der Waals surface area contributed by atoms with Crippen LogP contribution in [0.25, 0.3) is 0 Å². The topological polar surface area (TPSA) is 89.4 Å². The smallest absolute Gasteiger partial charge is 0.248 e. The first-order chi connectivity index (χ1) is 10.6. The maximum Gasteiger partial charge on any atom is 0.248 e. The Hall–Kier alpha value is -1.88. The molecule has 3 atom stereocenters. The number of rotatable bonds is 4. The second kappa shape index (κ2) is 6.08. The van der Waals surface area contributed by atoms with Crippen molar-refractivity contribution in [2.45, 2.75) is 50.7 Å². The van der Waals surface area contributed by atoms with Crippen LogP contribution >= 0.6 is 0 Å². The van der Waals surface area contributed by atoms with Gasteiger partial charge in [-0.15, -0.1) is 0 Å². The second-order valence-electron chi connectivity index (χ2n) is 6.50. The Morgan fingerprint density at radius 2 is 1.95 bits per heavy atom. The summed E-state index contributed by atoms with van der Waals surface area (Å²) < 4.78 is 0. The molecule has 1 aromatic rings. The molecule has 0 aromatic heterocycles. The number of nitrogens with zero attached hydrogens (tertiary/aromatic N) is 1. The van der Waals surface area contributed by atoms with Crippen LogP contribution in [0.2, 0.25) is 0 Å². The van der Waals surface area contributed by atoms with Gasteiger partial charge in [0, 0.05) is 18.2 Å². The minimum atomic E-state index is -0.426. The molecule has 5 nitrogen and oxygen atoms in total. The van der Waals surface area contributed by atoms with Crippen LogP contribution in [0.15, 0.2) is 24.3 Å². The number of carbonyl (C=O) groups excluding carboxylic acids is 2. The summed E-state index contributed by atoms with van der Waals surface area (Å²) in [6.07, 6.45) is 5.65. The summed E-state index contributed by atoms with van der Waals surface area (Å²) in [7, 11) is 0. The number of amides is 2. The lowest BCUT2D eigenvalue weighted by atomic mass is 9.84. The lowest BCUT2D eigenvalue weighted by molar-refractivity contribution is -0.122. The predicted molar refractivity (Wildman–Crippen MR) is 83.8 cm³/mol. The van der Waals surface area contributed by atoms with Crippen LogP contribution in [-0.2, 0) is 11.3 Å². The Morgan fingerprint density at radius 3 is 2.68 bits per heavy atom. The van der Waals surface area contributed by atoms with Gasteiger partial charge in [0.15, 0.2) is 0 Å². The molecule has 22 heavy (non-hydrogen) atoms. The Morgan fingerprint density at radius 1 is 1.18 bits per heavy atom. The zero-order valence-corrected chi connectivity index (χ0v) is 12.7.